The van der Waals surface area contributed by atoms with Crippen LogP contribution < -0.4 is 0 Å². The van der Waals surface area contributed by atoms with E-state index in [4.69, 9.17) is 0 Å². The molecule has 0 nitrogen and oxygen atoms in total. The lowest BCUT2D eigenvalue weighted by atomic mass is 10.1. The number of benzene rings is 1. The van der Waals surface area contributed by atoms with E-state index in [1.165, 1.54) is 16.0 Å². The minimum atomic E-state index is 1.10. The van der Waals surface area contributed by atoms with Crippen LogP contribution in [0.1, 0.15) is 18.1 Å². The standard InChI is InChI=1S/C11H12S/c1-2-9-5-6-10-4-3-7-12-11(10)8-9/h3,5-8H,2,4H2,1H3. The van der Waals surface area contributed by atoms with Crippen LogP contribution in [0.4, 0.5) is 0 Å². The van der Waals surface area contributed by atoms with Crippen molar-refractivity contribution in [2.24, 2.45) is 0 Å². The van der Waals surface area contributed by atoms with E-state index in [-0.39, 0.29) is 0 Å². The predicted molar refractivity (Wildman–Crippen MR) is 54.5 cm³/mol. The van der Waals surface area contributed by atoms with Gasteiger partial charge in [-0.15, -0.1) is 0 Å². The highest BCUT2D eigenvalue weighted by Crippen LogP contribution is 2.29. The number of fused-ring (bicyclic) bond motifs is 1. The topological polar surface area (TPSA) is 0 Å². The second-order valence-corrected chi connectivity index (χ2v) is 3.94. The molecule has 1 aromatic carbocycles. The Labute approximate surface area is 77.7 Å². The van der Waals surface area contributed by atoms with Crippen molar-refractivity contribution in [3.8, 4) is 0 Å². The fourth-order valence-electron chi connectivity index (χ4n) is 1.39. The van der Waals surface area contributed by atoms with Crippen molar-refractivity contribution in [1.82, 2.24) is 0 Å². The van der Waals surface area contributed by atoms with E-state index in [1.807, 2.05) is 11.8 Å². The molecule has 1 heteroatoms. The van der Waals surface area contributed by atoms with Crippen LogP contribution in [0.5, 0.6) is 0 Å². The quantitative estimate of drug-likeness (QED) is 0.632. The zero-order valence-corrected chi connectivity index (χ0v) is 8.03. The highest BCUT2D eigenvalue weighted by Gasteiger charge is 2.04. The summed E-state index contributed by atoms with van der Waals surface area (Å²) in [6, 6.07) is 6.80. The van der Waals surface area contributed by atoms with E-state index in [1.54, 1.807) is 0 Å². The number of thioether (sulfide) groups is 1. The van der Waals surface area contributed by atoms with Gasteiger partial charge in [0.25, 0.3) is 0 Å². The fraction of sp³-hybridized carbons (Fsp3) is 0.273. The van der Waals surface area contributed by atoms with Crippen molar-refractivity contribution >= 4 is 11.8 Å². The van der Waals surface area contributed by atoms with Gasteiger partial charge in [-0.05, 0) is 35.4 Å². The Morgan fingerprint density at radius 2 is 2.33 bits per heavy atom. The second-order valence-electron chi connectivity index (χ2n) is 2.99. The number of hydrogen-bond acceptors (Lipinski definition) is 1. The summed E-state index contributed by atoms with van der Waals surface area (Å²) in [5, 5.41) is 2.18. The number of allylic oxidation sites excluding steroid dienone is 1. The van der Waals surface area contributed by atoms with E-state index in [2.05, 4.69) is 36.6 Å². The van der Waals surface area contributed by atoms with Gasteiger partial charge < -0.3 is 0 Å². The normalized spacial score (nSPS) is 14.4. The first kappa shape index (κ1) is 7.93. The summed E-state index contributed by atoms with van der Waals surface area (Å²) in [6.07, 6.45) is 4.46. The van der Waals surface area contributed by atoms with Crippen molar-refractivity contribution in [1.29, 1.82) is 0 Å². The summed E-state index contributed by atoms with van der Waals surface area (Å²) in [5.41, 5.74) is 2.91. The van der Waals surface area contributed by atoms with Crippen molar-refractivity contribution < 1.29 is 0 Å². The average molecular weight is 176 g/mol. The Morgan fingerprint density at radius 1 is 1.42 bits per heavy atom. The predicted octanol–water partition coefficient (Wildman–Crippen LogP) is 3.41. The Hall–Kier alpha value is -0.690. The molecule has 0 spiro atoms. The van der Waals surface area contributed by atoms with Crippen molar-refractivity contribution in [3.63, 3.8) is 0 Å². The highest BCUT2D eigenvalue weighted by atomic mass is 32.2. The molecule has 0 atom stereocenters. The van der Waals surface area contributed by atoms with Crippen LogP contribution in [0.25, 0.3) is 0 Å². The molecular weight excluding hydrogens is 164 g/mol. The van der Waals surface area contributed by atoms with Crippen LogP contribution in [-0.4, -0.2) is 0 Å². The van der Waals surface area contributed by atoms with Gasteiger partial charge in [0.1, 0.15) is 0 Å². The molecule has 0 amide bonds. The maximum atomic E-state index is 2.31. The molecule has 62 valence electrons. The van der Waals surface area contributed by atoms with Gasteiger partial charge in [-0.3, -0.25) is 0 Å². The maximum Gasteiger partial charge on any atom is 0.0154 e. The molecule has 1 aliphatic rings. The molecule has 0 bridgehead atoms. The van der Waals surface area contributed by atoms with Crippen LogP contribution in [0, 0.1) is 0 Å². The summed E-state index contributed by atoms with van der Waals surface area (Å²) < 4.78 is 0. The Kier molecular flexibility index (Phi) is 2.22. The maximum absolute atomic E-state index is 2.31. The Balaban J connectivity index is 2.39. The lowest BCUT2D eigenvalue weighted by Gasteiger charge is -2.10. The molecular formula is C11H12S. The van der Waals surface area contributed by atoms with Crippen LogP contribution in [0.2, 0.25) is 0 Å². The lowest BCUT2D eigenvalue weighted by molar-refractivity contribution is 1.09. The molecule has 0 aliphatic carbocycles. The second kappa shape index (κ2) is 3.36. The van der Waals surface area contributed by atoms with E-state index >= 15 is 0 Å². The molecule has 2 rings (SSSR count). The summed E-state index contributed by atoms with van der Waals surface area (Å²) in [7, 11) is 0. The minimum Gasteiger partial charge on any atom is -0.0981 e. The van der Waals surface area contributed by atoms with Crippen molar-refractivity contribution in [2.45, 2.75) is 24.7 Å². The first-order valence-corrected chi connectivity index (χ1v) is 5.21. The van der Waals surface area contributed by atoms with E-state index in [0.29, 0.717) is 0 Å². The minimum absolute atomic E-state index is 1.10. The van der Waals surface area contributed by atoms with Gasteiger partial charge in [0.2, 0.25) is 0 Å². The van der Waals surface area contributed by atoms with Gasteiger partial charge in [0.15, 0.2) is 0 Å². The lowest BCUT2D eigenvalue weighted by Crippen LogP contribution is -1.91. The van der Waals surface area contributed by atoms with Crippen LogP contribution in [0.15, 0.2) is 34.6 Å². The summed E-state index contributed by atoms with van der Waals surface area (Å²) >= 11 is 1.84. The molecule has 0 fully saturated rings. The third-order valence-corrected chi connectivity index (χ3v) is 3.13. The monoisotopic (exact) mass is 176 g/mol. The molecule has 0 aromatic heterocycles. The first-order chi connectivity index (χ1) is 5.90. The smallest absolute Gasteiger partial charge is 0.0154 e. The van der Waals surface area contributed by atoms with Gasteiger partial charge in [0, 0.05) is 4.90 Å². The Bertz CT molecular complexity index is 313. The largest absolute Gasteiger partial charge is 0.0981 e. The van der Waals surface area contributed by atoms with Gasteiger partial charge in [-0.25, -0.2) is 0 Å². The van der Waals surface area contributed by atoms with Gasteiger partial charge in [-0.1, -0.05) is 36.9 Å². The van der Waals surface area contributed by atoms with Crippen LogP contribution in [-0.2, 0) is 12.8 Å². The third kappa shape index (κ3) is 1.42. The van der Waals surface area contributed by atoms with Gasteiger partial charge in [-0.2, -0.15) is 0 Å². The van der Waals surface area contributed by atoms with Crippen molar-refractivity contribution in [3.05, 3.63) is 40.8 Å². The fourth-order valence-corrected chi connectivity index (χ4v) is 2.25. The third-order valence-electron chi connectivity index (χ3n) is 2.17. The zero-order valence-electron chi connectivity index (χ0n) is 7.21. The average Bonchev–Trinajstić information content (AvgIpc) is 2.17. The summed E-state index contributed by atoms with van der Waals surface area (Å²) in [4.78, 5) is 1.44. The van der Waals surface area contributed by atoms with E-state index in [9.17, 15) is 0 Å². The van der Waals surface area contributed by atoms with Crippen molar-refractivity contribution in [2.75, 3.05) is 0 Å². The highest BCUT2D eigenvalue weighted by molar-refractivity contribution is 8.02. The van der Waals surface area contributed by atoms with Gasteiger partial charge >= 0.3 is 0 Å². The zero-order chi connectivity index (χ0) is 8.39. The molecule has 12 heavy (non-hydrogen) atoms. The molecule has 0 radical (unpaired) electrons. The number of rotatable bonds is 1. The molecule has 0 N–H and O–H groups in total. The summed E-state index contributed by atoms with van der Waals surface area (Å²) in [5.74, 6) is 0. The van der Waals surface area contributed by atoms with E-state index < -0.39 is 0 Å². The summed E-state index contributed by atoms with van der Waals surface area (Å²) in [6.45, 7) is 2.20. The van der Waals surface area contributed by atoms with Gasteiger partial charge in [0.05, 0.1) is 0 Å². The molecule has 0 unspecified atom stereocenters. The van der Waals surface area contributed by atoms with Crippen LogP contribution >= 0.6 is 11.8 Å². The Morgan fingerprint density at radius 3 is 3.17 bits per heavy atom. The number of aryl methyl sites for hydroxylation is 1. The molecule has 1 aliphatic heterocycles. The first-order valence-electron chi connectivity index (χ1n) is 4.33. The SMILES string of the molecule is CCc1ccc2c(c1)SC=CC2. The molecule has 1 aromatic rings. The molecule has 1 heterocycles. The number of hydrogen-bond donors (Lipinski definition) is 0. The molecule has 0 saturated carbocycles. The van der Waals surface area contributed by atoms with E-state index in [0.717, 1.165) is 12.8 Å². The molecule has 0 saturated heterocycles. The van der Waals surface area contributed by atoms with Crippen LogP contribution in [0.3, 0.4) is 0 Å².